The minimum Gasteiger partial charge on any atom is -0.452 e. The van der Waals surface area contributed by atoms with E-state index in [1.165, 1.54) is 23.1 Å². The third-order valence-electron chi connectivity index (χ3n) is 5.76. The van der Waals surface area contributed by atoms with Crippen LogP contribution in [0.3, 0.4) is 0 Å². The topological polar surface area (TPSA) is 92.8 Å². The monoisotopic (exact) mass is 420 g/mol. The molecule has 1 saturated carbocycles. The lowest BCUT2D eigenvalue weighted by Gasteiger charge is -2.29. The number of nitrogens with one attached hydrogen (secondary N) is 1. The van der Waals surface area contributed by atoms with Gasteiger partial charge in [0.2, 0.25) is 0 Å². The lowest BCUT2D eigenvalue weighted by atomic mass is 9.94. The zero-order valence-electron chi connectivity index (χ0n) is 17.1. The summed E-state index contributed by atoms with van der Waals surface area (Å²) in [5.41, 5.74) is 1.61. The van der Waals surface area contributed by atoms with Gasteiger partial charge in [0.15, 0.2) is 6.61 Å². The Balaban J connectivity index is 1.36. The minimum atomic E-state index is -0.714. The number of benzene rings is 2. The molecule has 0 unspecified atom stereocenters. The Morgan fingerprint density at radius 3 is 2.39 bits per heavy atom. The molecule has 0 saturated heterocycles. The molecule has 0 aromatic heterocycles. The van der Waals surface area contributed by atoms with Crippen molar-refractivity contribution in [3.05, 3.63) is 70.8 Å². The molecule has 7 heteroatoms. The molecule has 31 heavy (non-hydrogen) atoms. The van der Waals surface area contributed by atoms with Crippen LogP contribution in [0.2, 0.25) is 0 Å². The van der Waals surface area contributed by atoms with Crippen LogP contribution in [0.25, 0.3) is 0 Å². The Kier molecular flexibility index (Phi) is 6.11. The highest BCUT2D eigenvalue weighted by Crippen LogP contribution is 2.31. The van der Waals surface area contributed by atoms with E-state index in [1.54, 1.807) is 0 Å². The first-order chi connectivity index (χ1) is 15.0. The van der Waals surface area contributed by atoms with Crippen molar-refractivity contribution in [1.82, 2.24) is 10.2 Å². The van der Waals surface area contributed by atoms with E-state index in [-0.39, 0.29) is 29.0 Å². The van der Waals surface area contributed by atoms with Gasteiger partial charge in [-0.2, -0.15) is 0 Å². The fourth-order valence-electron chi connectivity index (χ4n) is 4.12. The summed E-state index contributed by atoms with van der Waals surface area (Å²) >= 11 is 0. The van der Waals surface area contributed by atoms with Gasteiger partial charge in [0.05, 0.1) is 16.7 Å². The predicted octanol–water partition coefficient (Wildman–Crippen LogP) is 3.09. The first-order valence-electron chi connectivity index (χ1n) is 10.5. The van der Waals surface area contributed by atoms with Crippen molar-refractivity contribution in [3.63, 3.8) is 0 Å². The van der Waals surface area contributed by atoms with E-state index in [2.05, 4.69) is 5.32 Å². The SMILES string of the molecule is O=C(COC(=O)c1ccc2c(c1)C(=O)N(C1CCCCC1)C2=O)NCc1ccccc1. The molecule has 1 fully saturated rings. The fraction of sp³-hybridized carbons (Fsp3) is 0.333. The predicted molar refractivity (Wildman–Crippen MR) is 112 cm³/mol. The lowest BCUT2D eigenvalue weighted by Crippen LogP contribution is -2.40. The number of carbonyl (C=O) groups excluding carboxylic acids is 4. The summed E-state index contributed by atoms with van der Waals surface area (Å²) in [5, 5.41) is 2.68. The van der Waals surface area contributed by atoms with E-state index >= 15 is 0 Å². The Labute approximate surface area is 180 Å². The third kappa shape index (κ3) is 4.50. The van der Waals surface area contributed by atoms with Crippen molar-refractivity contribution in [2.45, 2.75) is 44.7 Å². The second kappa shape index (κ2) is 9.12. The first kappa shape index (κ1) is 20.8. The van der Waals surface area contributed by atoms with Gasteiger partial charge in [-0.1, -0.05) is 49.6 Å². The number of carbonyl (C=O) groups is 4. The van der Waals surface area contributed by atoms with Gasteiger partial charge < -0.3 is 10.1 Å². The largest absolute Gasteiger partial charge is 0.452 e. The van der Waals surface area contributed by atoms with Crippen molar-refractivity contribution >= 4 is 23.7 Å². The summed E-state index contributed by atoms with van der Waals surface area (Å²) in [4.78, 5) is 51.3. The Morgan fingerprint density at radius 2 is 1.65 bits per heavy atom. The summed E-state index contributed by atoms with van der Waals surface area (Å²) in [6.07, 6.45) is 4.76. The molecular formula is C24H24N2O5. The second-order valence-electron chi connectivity index (χ2n) is 7.87. The highest BCUT2D eigenvalue weighted by atomic mass is 16.5. The molecule has 2 aromatic rings. The van der Waals surface area contributed by atoms with E-state index in [9.17, 15) is 19.2 Å². The molecule has 4 rings (SSSR count). The van der Waals surface area contributed by atoms with Gasteiger partial charge >= 0.3 is 5.97 Å². The number of esters is 1. The van der Waals surface area contributed by atoms with Gasteiger partial charge in [-0.25, -0.2) is 4.79 Å². The smallest absolute Gasteiger partial charge is 0.338 e. The third-order valence-corrected chi connectivity index (χ3v) is 5.76. The summed E-state index contributed by atoms with van der Waals surface area (Å²) < 4.78 is 5.08. The normalized spacial score (nSPS) is 16.2. The Hall–Kier alpha value is -3.48. The van der Waals surface area contributed by atoms with Gasteiger partial charge in [-0.05, 0) is 36.6 Å². The summed E-state index contributed by atoms with van der Waals surface area (Å²) in [6.45, 7) is -0.0898. The molecule has 0 atom stereocenters. The number of hydrogen-bond donors (Lipinski definition) is 1. The molecule has 3 amide bonds. The van der Waals surface area contributed by atoms with Gasteiger partial charge in [0.1, 0.15) is 0 Å². The average molecular weight is 420 g/mol. The molecular weight excluding hydrogens is 396 g/mol. The molecule has 160 valence electrons. The average Bonchev–Trinajstić information content (AvgIpc) is 3.06. The molecule has 2 aromatic carbocycles. The number of imide groups is 1. The van der Waals surface area contributed by atoms with Crippen molar-refractivity contribution in [2.24, 2.45) is 0 Å². The van der Waals surface area contributed by atoms with Gasteiger partial charge in [-0.15, -0.1) is 0 Å². The molecule has 1 aliphatic heterocycles. The number of nitrogens with zero attached hydrogens (tertiary/aromatic N) is 1. The summed E-state index contributed by atoms with van der Waals surface area (Å²) in [5.74, 6) is -1.80. The van der Waals surface area contributed by atoms with Crippen LogP contribution in [0.4, 0.5) is 0 Å². The molecule has 1 N–H and O–H groups in total. The van der Waals surface area contributed by atoms with Gasteiger partial charge in [0.25, 0.3) is 17.7 Å². The highest BCUT2D eigenvalue weighted by Gasteiger charge is 2.40. The van der Waals surface area contributed by atoms with Gasteiger partial charge in [0, 0.05) is 12.6 Å². The van der Waals surface area contributed by atoms with Crippen LogP contribution in [0.15, 0.2) is 48.5 Å². The van der Waals surface area contributed by atoms with Crippen LogP contribution in [-0.2, 0) is 16.1 Å². The molecule has 1 heterocycles. The molecule has 0 bridgehead atoms. The second-order valence-corrected chi connectivity index (χ2v) is 7.87. The van der Waals surface area contributed by atoms with Crippen LogP contribution in [-0.4, -0.2) is 41.2 Å². The zero-order valence-corrected chi connectivity index (χ0v) is 17.1. The quantitative estimate of drug-likeness (QED) is 0.573. The van der Waals surface area contributed by atoms with Gasteiger partial charge in [-0.3, -0.25) is 19.3 Å². The van der Waals surface area contributed by atoms with Crippen molar-refractivity contribution in [2.75, 3.05) is 6.61 Å². The summed E-state index contributed by atoms with van der Waals surface area (Å²) in [7, 11) is 0. The number of fused-ring (bicyclic) bond motifs is 1. The molecule has 7 nitrogen and oxygen atoms in total. The van der Waals surface area contributed by atoms with Crippen LogP contribution in [0, 0.1) is 0 Å². The maximum absolute atomic E-state index is 12.9. The molecule has 0 radical (unpaired) electrons. The number of rotatable bonds is 6. The van der Waals surface area contributed by atoms with Crippen LogP contribution >= 0.6 is 0 Å². The van der Waals surface area contributed by atoms with Crippen LogP contribution in [0.1, 0.15) is 68.7 Å². The number of hydrogen-bond acceptors (Lipinski definition) is 5. The van der Waals surface area contributed by atoms with Crippen LogP contribution < -0.4 is 5.32 Å². The first-order valence-corrected chi connectivity index (χ1v) is 10.5. The van der Waals surface area contributed by atoms with Crippen molar-refractivity contribution < 1.29 is 23.9 Å². The van der Waals surface area contributed by atoms with Crippen molar-refractivity contribution in [3.8, 4) is 0 Å². The fourth-order valence-corrected chi connectivity index (χ4v) is 4.12. The Morgan fingerprint density at radius 1 is 0.935 bits per heavy atom. The lowest BCUT2D eigenvalue weighted by molar-refractivity contribution is -0.124. The number of amides is 3. The van der Waals surface area contributed by atoms with E-state index in [0.29, 0.717) is 12.1 Å². The van der Waals surface area contributed by atoms with Crippen molar-refractivity contribution in [1.29, 1.82) is 0 Å². The maximum atomic E-state index is 12.9. The zero-order chi connectivity index (χ0) is 21.8. The van der Waals surface area contributed by atoms with E-state index in [0.717, 1.165) is 37.7 Å². The minimum absolute atomic E-state index is 0.0788. The standard InChI is InChI=1S/C24H24N2O5/c27-21(25-14-16-7-3-1-4-8-16)15-31-24(30)17-11-12-19-20(13-17)23(29)26(22(19)28)18-9-5-2-6-10-18/h1,3-4,7-8,11-13,18H,2,5-6,9-10,14-15H2,(H,25,27). The van der Waals surface area contributed by atoms with E-state index in [1.807, 2.05) is 30.3 Å². The number of ether oxygens (including phenoxy) is 1. The molecule has 1 aliphatic carbocycles. The van der Waals surface area contributed by atoms with E-state index < -0.39 is 18.5 Å². The highest BCUT2D eigenvalue weighted by molar-refractivity contribution is 6.22. The summed E-state index contributed by atoms with van der Waals surface area (Å²) in [6, 6.07) is 13.7. The molecule has 0 spiro atoms. The Bertz CT molecular complexity index is 1010. The molecule has 2 aliphatic rings. The van der Waals surface area contributed by atoms with E-state index in [4.69, 9.17) is 4.74 Å². The van der Waals surface area contributed by atoms with Crippen LogP contribution in [0.5, 0.6) is 0 Å². The maximum Gasteiger partial charge on any atom is 0.338 e.